The summed E-state index contributed by atoms with van der Waals surface area (Å²) in [7, 11) is 1.68. The Labute approximate surface area is 140 Å². The fraction of sp³-hybridized carbons (Fsp3) is 0.421. The Morgan fingerprint density at radius 1 is 1.22 bits per heavy atom. The lowest BCUT2D eigenvalue weighted by Crippen LogP contribution is -2.32. The minimum absolute atomic E-state index is 0.169. The average Bonchev–Trinajstić information content (AvgIpc) is 3.00. The summed E-state index contributed by atoms with van der Waals surface area (Å²) in [6.07, 6.45) is 3.20. The van der Waals surface area contributed by atoms with E-state index < -0.39 is 0 Å². The lowest BCUT2D eigenvalue weighted by molar-refractivity contribution is -0.133. The van der Waals surface area contributed by atoms with E-state index in [1.54, 1.807) is 18.4 Å². The van der Waals surface area contributed by atoms with E-state index in [1.807, 2.05) is 12.1 Å². The number of rotatable bonds is 4. The second-order valence-corrected chi connectivity index (χ2v) is 7.25. The number of hydrogen-bond acceptors (Lipinski definition) is 3. The summed E-state index contributed by atoms with van der Waals surface area (Å²) in [6, 6.07) is 10.6. The molecule has 1 aromatic heterocycles. The molecule has 1 aliphatic carbocycles. The lowest BCUT2D eigenvalue weighted by atomic mass is 10.1. The number of ether oxygens (including phenoxy) is 1. The Morgan fingerprint density at radius 3 is 2.74 bits per heavy atom. The minimum Gasteiger partial charge on any atom is -0.497 e. The molecule has 2 heterocycles. The van der Waals surface area contributed by atoms with Gasteiger partial charge in [0.05, 0.1) is 13.2 Å². The van der Waals surface area contributed by atoms with Gasteiger partial charge in [-0.25, -0.2) is 0 Å². The van der Waals surface area contributed by atoms with Gasteiger partial charge in [0.1, 0.15) is 5.75 Å². The molecule has 1 saturated carbocycles. The summed E-state index contributed by atoms with van der Waals surface area (Å²) in [5.41, 5.74) is 2.57. The first-order chi connectivity index (χ1) is 11.3. The molecule has 4 heteroatoms. The zero-order valence-corrected chi connectivity index (χ0v) is 14.1. The maximum absolute atomic E-state index is 12.9. The molecule has 2 aromatic rings. The Morgan fingerprint density at radius 2 is 2.04 bits per heavy atom. The Hall–Kier alpha value is -1.81. The highest BCUT2D eigenvalue weighted by atomic mass is 32.1. The molecule has 0 unspecified atom stereocenters. The van der Waals surface area contributed by atoms with Crippen LogP contribution >= 0.6 is 11.3 Å². The van der Waals surface area contributed by atoms with Gasteiger partial charge in [-0.1, -0.05) is 12.1 Å². The molecule has 2 fully saturated rings. The second-order valence-electron chi connectivity index (χ2n) is 6.47. The number of benzene rings is 1. The van der Waals surface area contributed by atoms with E-state index in [-0.39, 0.29) is 5.92 Å². The zero-order chi connectivity index (χ0) is 15.8. The van der Waals surface area contributed by atoms with Crippen molar-refractivity contribution in [2.75, 3.05) is 13.7 Å². The lowest BCUT2D eigenvalue weighted by Gasteiger charge is -2.24. The molecular weight excluding hydrogens is 306 g/mol. The predicted molar refractivity (Wildman–Crippen MR) is 91.8 cm³/mol. The van der Waals surface area contributed by atoms with Crippen LogP contribution in [0.2, 0.25) is 0 Å². The molecule has 2 aliphatic rings. The van der Waals surface area contributed by atoms with Crippen LogP contribution in [-0.4, -0.2) is 24.5 Å². The second kappa shape index (κ2) is 6.00. The van der Waals surface area contributed by atoms with Crippen molar-refractivity contribution in [3.8, 4) is 5.75 Å². The standard InChI is InChI=1S/C19H21NO2S/c1-22-15-6-4-13(5-7-15)16-11-17(16)19(21)20-9-2-3-18(20)14-8-10-23-12-14/h4-8,10,12,16-18H,2-3,9,11H2,1H3/t16-,17-,18-/m0/s1. The van der Waals surface area contributed by atoms with Gasteiger partial charge in [0.15, 0.2) is 0 Å². The van der Waals surface area contributed by atoms with E-state index in [9.17, 15) is 4.79 Å². The van der Waals surface area contributed by atoms with Gasteiger partial charge in [-0.15, -0.1) is 0 Å². The van der Waals surface area contributed by atoms with Crippen LogP contribution in [-0.2, 0) is 4.79 Å². The molecule has 3 nitrogen and oxygen atoms in total. The topological polar surface area (TPSA) is 29.5 Å². The largest absolute Gasteiger partial charge is 0.497 e. The number of nitrogens with zero attached hydrogens (tertiary/aromatic N) is 1. The van der Waals surface area contributed by atoms with Crippen LogP contribution in [0.3, 0.4) is 0 Å². The molecule has 1 saturated heterocycles. The summed E-state index contributed by atoms with van der Waals surface area (Å²) < 4.78 is 5.21. The molecule has 0 bridgehead atoms. The summed E-state index contributed by atoms with van der Waals surface area (Å²) in [4.78, 5) is 15.0. The quantitative estimate of drug-likeness (QED) is 0.841. The van der Waals surface area contributed by atoms with Crippen molar-refractivity contribution >= 4 is 17.2 Å². The van der Waals surface area contributed by atoms with E-state index in [4.69, 9.17) is 4.74 Å². The molecule has 4 rings (SSSR count). The van der Waals surface area contributed by atoms with Gasteiger partial charge in [-0.3, -0.25) is 4.79 Å². The molecule has 23 heavy (non-hydrogen) atoms. The van der Waals surface area contributed by atoms with Crippen molar-refractivity contribution in [3.63, 3.8) is 0 Å². The van der Waals surface area contributed by atoms with Gasteiger partial charge in [-0.05, 0) is 65.3 Å². The summed E-state index contributed by atoms with van der Waals surface area (Å²) in [6.45, 7) is 0.908. The average molecular weight is 327 g/mol. The van der Waals surface area contributed by atoms with E-state index in [0.29, 0.717) is 17.9 Å². The van der Waals surface area contributed by atoms with Gasteiger partial charge in [0, 0.05) is 12.5 Å². The Kier molecular flexibility index (Phi) is 3.85. The van der Waals surface area contributed by atoms with Crippen molar-refractivity contribution in [2.45, 2.75) is 31.2 Å². The molecular formula is C19H21NO2S. The molecule has 120 valence electrons. The van der Waals surface area contributed by atoms with Crippen LogP contribution in [0.5, 0.6) is 5.75 Å². The summed E-state index contributed by atoms with van der Waals surface area (Å²) >= 11 is 1.72. The smallest absolute Gasteiger partial charge is 0.226 e. The summed E-state index contributed by atoms with van der Waals surface area (Å²) in [5, 5.41) is 4.29. The number of carbonyl (C=O) groups is 1. The Bertz CT molecular complexity index is 680. The fourth-order valence-corrected chi connectivity index (χ4v) is 4.45. The number of hydrogen-bond donors (Lipinski definition) is 0. The van der Waals surface area contributed by atoms with Gasteiger partial charge in [0.2, 0.25) is 5.91 Å². The first-order valence-corrected chi connectivity index (χ1v) is 9.18. The van der Waals surface area contributed by atoms with E-state index in [2.05, 4.69) is 33.9 Å². The normalized spacial score (nSPS) is 26.3. The highest BCUT2D eigenvalue weighted by Gasteiger charge is 2.47. The first kappa shape index (κ1) is 14.8. The molecule has 0 N–H and O–H groups in total. The van der Waals surface area contributed by atoms with Crippen molar-refractivity contribution in [1.29, 1.82) is 0 Å². The first-order valence-electron chi connectivity index (χ1n) is 8.24. The highest BCUT2D eigenvalue weighted by Crippen LogP contribution is 2.50. The van der Waals surface area contributed by atoms with Crippen LogP contribution in [0, 0.1) is 5.92 Å². The number of amides is 1. The van der Waals surface area contributed by atoms with Crippen molar-refractivity contribution in [2.24, 2.45) is 5.92 Å². The van der Waals surface area contributed by atoms with Gasteiger partial charge in [-0.2, -0.15) is 11.3 Å². The van der Waals surface area contributed by atoms with Crippen LogP contribution in [0.4, 0.5) is 0 Å². The molecule has 1 aromatic carbocycles. The number of methoxy groups -OCH3 is 1. The predicted octanol–water partition coefficient (Wildman–Crippen LogP) is 4.22. The molecule has 0 radical (unpaired) electrons. The minimum atomic E-state index is 0.169. The fourth-order valence-electron chi connectivity index (χ4n) is 3.74. The van der Waals surface area contributed by atoms with Gasteiger partial charge < -0.3 is 9.64 Å². The third-order valence-corrected chi connectivity index (χ3v) is 5.82. The maximum atomic E-state index is 12.9. The van der Waals surface area contributed by atoms with E-state index in [0.717, 1.165) is 31.6 Å². The molecule has 3 atom stereocenters. The Balaban J connectivity index is 1.45. The third-order valence-electron chi connectivity index (χ3n) is 5.12. The van der Waals surface area contributed by atoms with Crippen LogP contribution < -0.4 is 4.74 Å². The maximum Gasteiger partial charge on any atom is 0.226 e. The van der Waals surface area contributed by atoms with E-state index in [1.165, 1.54) is 11.1 Å². The molecule has 1 aliphatic heterocycles. The van der Waals surface area contributed by atoms with Crippen molar-refractivity contribution < 1.29 is 9.53 Å². The van der Waals surface area contributed by atoms with Crippen molar-refractivity contribution in [1.82, 2.24) is 4.90 Å². The number of likely N-dealkylation sites (tertiary alicyclic amines) is 1. The third kappa shape index (κ3) is 2.76. The number of carbonyl (C=O) groups excluding carboxylic acids is 1. The SMILES string of the molecule is COc1ccc([C@@H]2C[C@@H]2C(=O)N2CCC[C@H]2c2ccsc2)cc1. The van der Waals surface area contributed by atoms with Gasteiger partial charge >= 0.3 is 0 Å². The highest BCUT2D eigenvalue weighted by molar-refractivity contribution is 7.07. The van der Waals surface area contributed by atoms with Crippen LogP contribution in [0.25, 0.3) is 0 Å². The van der Waals surface area contributed by atoms with Crippen molar-refractivity contribution in [3.05, 3.63) is 52.2 Å². The van der Waals surface area contributed by atoms with Crippen LogP contribution in [0.1, 0.15) is 42.3 Å². The van der Waals surface area contributed by atoms with E-state index >= 15 is 0 Å². The zero-order valence-electron chi connectivity index (χ0n) is 13.3. The number of thiophene rings is 1. The van der Waals surface area contributed by atoms with Crippen LogP contribution in [0.15, 0.2) is 41.1 Å². The summed E-state index contributed by atoms with van der Waals surface area (Å²) in [5.74, 6) is 1.77. The molecule has 1 amide bonds. The monoisotopic (exact) mass is 327 g/mol. The molecule has 0 spiro atoms. The van der Waals surface area contributed by atoms with Gasteiger partial charge in [0.25, 0.3) is 0 Å².